The van der Waals surface area contributed by atoms with Gasteiger partial charge in [0.05, 0.1) is 49.8 Å². The molecule has 4 saturated heterocycles. The predicted octanol–water partition coefficient (Wildman–Crippen LogP) is 5.24. The number of hydrogen-bond donors (Lipinski definition) is 0. The molecule has 252 valence electrons. The SMILES string of the molecule is CC(C)N1CCOCC1.CC(C)N1C[C@H](C)O[C@@H](C)C1.CC(C)N1C[C@H](C)O[C@@H](C)C1.CC1CN(C(C)C)CC(C)O1. The first-order valence-corrected chi connectivity index (χ1v) is 17.1. The van der Waals surface area contributed by atoms with Crippen LogP contribution in [0.2, 0.25) is 0 Å². The van der Waals surface area contributed by atoms with E-state index in [1.165, 1.54) is 0 Å². The van der Waals surface area contributed by atoms with Crippen LogP contribution in [0.15, 0.2) is 0 Å². The summed E-state index contributed by atoms with van der Waals surface area (Å²) >= 11 is 0. The van der Waals surface area contributed by atoms with Crippen LogP contribution in [0.1, 0.15) is 96.9 Å². The monoisotopic (exact) mass is 601 g/mol. The number of hydrogen-bond acceptors (Lipinski definition) is 8. The minimum atomic E-state index is 0.404. The molecule has 0 N–H and O–H groups in total. The van der Waals surface area contributed by atoms with E-state index in [0.29, 0.717) is 60.8 Å². The molecule has 42 heavy (non-hydrogen) atoms. The largest absolute Gasteiger partial charge is 0.379 e. The van der Waals surface area contributed by atoms with Crippen molar-refractivity contribution in [2.45, 2.75) is 158 Å². The molecule has 0 spiro atoms. The van der Waals surface area contributed by atoms with Crippen molar-refractivity contribution in [3.63, 3.8) is 0 Å². The van der Waals surface area contributed by atoms with Crippen molar-refractivity contribution in [2.75, 3.05) is 65.6 Å². The molecule has 6 atom stereocenters. The van der Waals surface area contributed by atoms with Gasteiger partial charge in [-0.15, -0.1) is 0 Å². The second kappa shape index (κ2) is 20.7. The van der Waals surface area contributed by atoms with E-state index in [1.54, 1.807) is 0 Å². The van der Waals surface area contributed by atoms with Crippen molar-refractivity contribution in [1.29, 1.82) is 0 Å². The quantitative estimate of drug-likeness (QED) is 0.435. The Balaban J connectivity index is 0.000000281. The van der Waals surface area contributed by atoms with E-state index in [4.69, 9.17) is 18.9 Å². The van der Waals surface area contributed by atoms with Crippen LogP contribution in [-0.4, -0.2) is 146 Å². The summed E-state index contributed by atoms with van der Waals surface area (Å²) in [4.78, 5) is 9.85. The highest BCUT2D eigenvalue weighted by molar-refractivity contribution is 4.77. The Morgan fingerprint density at radius 3 is 0.762 bits per heavy atom. The second-order valence-corrected chi connectivity index (χ2v) is 14.2. The Hall–Kier alpha value is -0.320. The molecule has 4 aliphatic rings. The van der Waals surface area contributed by atoms with Gasteiger partial charge in [0, 0.05) is 76.5 Å². The molecule has 4 aliphatic heterocycles. The molecule has 4 heterocycles. The topological polar surface area (TPSA) is 49.9 Å². The van der Waals surface area contributed by atoms with Gasteiger partial charge in [0.2, 0.25) is 0 Å². The van der Waals surface area contributed by atoms with Crippen LogP contribution in [0.3, 0.4) is 0 Å². The number of morpholine rings is 4. The Morgan fingerprint density at radius 1 is 0.381 bits per heavy atom. The molecule has 0 aromatic rings. The van der Waals surface area contributed by atoms with Crippen molar-refractivity contribution in [3.8, 4) is 0 Å². The second-order valence-electron chi connectivity index (χ2n) is 14.2. The molecule has 0 aromatic heterocycles. The summed E-state index contributed by atoms with van der Waals surface area (Å²) in [6.45, 7) is 41.3. The highest BCUT2D eigenvalue weighted by atomic mass is 16.5. The van der Waals surface area contributed by atoms with Crippen LogP contribution in [0.25, 0.3) is 0 Å². The fourth-order valence-electron chi connectivity index (χ4n) is 6.01. The van der Waals surface area contributed by atoms with Crippen LogP contribution in [0.4, 0.5) is 0 Å². The molecule has 0 aliphatic carbocycles. The third-order valence-corrected chi connectivity index (χ3v) is 8.31. The van der Waals surface area contributed by atoms with Crippen LogP contribution in [-0.2, 0) is 18.9 Å². The van der Waals surface area contributed by atoms with Gasteiger partial charge in [-0.25, -0.2) is 0 Å². The molecule has 0 bridgehead atoms. The van der Waals surface area contributed by atoms with Gasteiger partial charge >= 0.3 is 0 Å². The van der Waals surface area contributed by atoms with Gasteiger partial charge in [0.15, 0.2) is 0 Å². The zero-order valence-electron chi connectivity index (χ0n) is 30.3. The van der Waals surface area contributed by atoms with Gasteiger partial charge in [0.1, 0.15) is 0 Å². The Bertz CT molecular complexity index is 573. The molecule has 4 fully saturated rings. The van der Waals surface area contributed by atoms with Gasteiger partial charge in [-0.3, -0.25) is 19.6 Å². The summed E-state index contributed by atoms with van der Waals surface area (Å²) in [5.41, 5.74) is 0. The minimum Gasteiger partial charge on any atom is -0.379 e. The van der Waals surface area contributed by atoms with Crippen LogP contribution >= 0.6 is 0 Å². The summed E-state index contributed by atoms with van der Waals surface area (Å²) in [6, 6.07) is 2.66. The zero-order valence-corrected chi connectivity index (χ0v) is 30.3. The van der Waals surface area contributed by atoms with Gasteiger partial charge in [-0.1, -0.05) is 0 Å². The van der Waals surface area contributed by atoms with Gasteiger partial charge in [-0.2, -0.15) is 0 Å². The summed E-state index contributed by atoms with van der Waals surface area (Å²) in [5, 5.41) is 0. The summed E-state index contributed by atoms with van der Waals surface area (Å²) in [7, 11) is 0. The maximum absolute atomic E-state index is 5.62. The molecule has 0 saturated carbocycles. The highest BCUT2D eigenvalue weighted by Gasteiger charge is 2.25. The molecule has 2 unspecified atom stereocenters. The maximum atomic E-state index is 5.62. The first-order valence-electron chi connectivity index (χ1n) is 17.1. The summed E-state index contributed by atoms with van der Waals surface area (Å²) in [5.74, 6) is 0. The highest BCUT2D eigenvalue weighted by Crippen LogP contribution is 2.14. The van der Waals surface area contributed by atoms with E-state index in [-0.39, 0.29) is 0 Å². The average molecular weight is 601 g/mol. The molecule has 0 aromatic carbocycles. The lowest BCUT2D eigenvalue weighted by atomic mass is 10.2. The molecule has 4 rings (SSSR count). The summed E-state index contributed by atoms with van der Waals surface area (Å²) in [6.07, 6.45) is 2.42. The third kappa shape index (κ3) is 16.7. The zero-order chi connectivity index (χ0) is 32.0. The molecule has 8 nitrogen and oxygen atoms in total. The fraction of sp³-hybridized carbons (Fsp3) is 1.00. The van der Waals surface area contributed by atoms with E-state index in [2.05, 4.69) is 117 Å². The molecular weight excluding hydrogens is 528 g/mol. The van der Waals surface area contributed by atoms with Crippen molar-refractivity contribution in [2.24, 2.45) is 0 Å². The van der Waals surface area contributed by atoms with Crippen molar-refractivity contribution in [3.05, 3.63) is 0 Å². The lowest BCUT2D eigenvalue weighted by Crippen LogP contribution is -2.48. The lowest BCUT2D eigenvalue weighted by Gasteiger charge is -2.37. The average Bonchev–Trinajstić information content (AvgIpc) is 2.88. The molecule has 8 heteroatoms. The summed E-state index contributed by atoms with van der Waals surface area (Å²) < 4.78 is 22.1. The van der Waals surface area contributed by atoms with Crippen LogP contribution in [0, 0.1) is 0 Å². The number of nitrogens with zero attached hydrogens (tertiary/aromatic N) is 4. The van der Waals surface area contributed by atoms with Crippen molar-refractivity contribution < 1.29 is 18.9 Å². The number of rotatable bonds is 4. The normalized spacial score (nSPS) is 32.1. The lowest BCUT2D eigenvalue weighted by molar-refractivity contribution is -0.0766. The predicted molar refractivity (Wildman–Crippen MR) is 178 cm³/mol. The smallest absolute Gasteiger partial charge is 0.0678 e. The maximum Gasteiger partial charge on any atom is 0.0678 e. The first kappa shape index (κ1) is 39.7. The van der Waals surface area contributed by atoms with E-state index in [1.807, 2.05) is 0 Å². The fourth-order valence-corrected chi connectivity index (χ4v) is 6.01. The number of ether oxygens (including phenoxy) is 4. The van der Waals surface area contributed by atoms with Gasteiger partial charge in [-0.05, 0) is 96.9 Å². The Kier molecular flexibility index (Phi) is 19.5. The van der Waals surface area contributed by atoms with Crippen molar-refractivity contribution in [1.82, 2.24) is 19.6 Å². The molecule has 0 radical (unpaired) electrons. The third-order valence-electron chi connectivity index (χ3n) is 8.31. The van der Waals surface area contributed by atoms with Crippen LogP contribution in [0.5, 0.6) is 0 Å². The van der Waals surface area contributed by atoms with E-state index >= 15 is 0 Å². The minimum absolute atomic E-state index is 0.404. The van der Waals surface area contributed by atoms with Gasteiger partial charge < -0.3 is 18.9 Å². The molecule has 0 amide bonds. The van der Waals surface area contributed by atoms with E-state index in [9.17, 15) is 0 Å². The van der Waals surface area contributed by atoms with Crippen molar-refractivity contribution >= 4 is 0 Å². The Labute approximate surface area is 261 Å². The van der Waals surface area contributed by atoms with E-state index < -0.39 is 0 Å². The molecular formula is C34H72N4O4. The van der Waals surface area contributed by atoms with Gasteiger partial charge in [0.25, 0.3) is 0 Å². The first-order chi connectivity index (χ1) is 19.6. The van der Waals surface area contributed by atoms with Crippen LogP contribution < -0.4 is 0 Å². The Morgan fingerprint density at radius 2 is 0.595 bits per heavy atom. The van der Waals surface area contributed by atoms with E-state index in [0.717, 1.165) is 65.6 Å². The standard InChI is InChI=1S/3C9H19NO.C7H15NO/c3*1-7(2)10-5-8(3)11-9(4)6-10;1-7(2)8-3-5-9-6-4-8/h3*7-9H,5-6H2,1-4H3;7H,3-6H2,1-2H3/t2*8-,9-;;/m00../s1.